The minimum Gasteiger partial charge on any atom is -0.488 e. The number of benzene rings is 1. The minimum absolute atomic E-state index is 0.170. The molecule has 1 N–H and O–H groups in total. The van der Waals surface area contributed by atoms with Crippen molar-refractivity contribution in [3.8, 4) is 5.75 Å². The van der Waals surface area contributed by atoms with Gasteiger partial charge in [0.2, 0.25) is 0 Å². The third kappa shape index (κ3) is 2.78. The molecule has 116 valence electrons. The van der Waals surface area contributed by atoms with E-state index in [9.17, 15) is 0 Å². The standard InChI is InChI=1S/C17H21N3O2/c1-2-15-16(9-13(1)22-14-5-8-21-10-14)19-11-20-17(15)12-3-6-18-7-4-12/h1-2,9,11-12,14,18H,3-8,10H2. The SMILES string of the molecule is c1nc(C2CCNCC2)c2ccc(OC3CCOC3)cc2n1. The smallest absolute Gasteiger partial charge is 0.124 e. The maximum atomic E-state index is 5.97. The summed E-state index contributed by atoms with van der Waals surface area (Å²) < 4.78 is 11.3. The van der Waals surface area contributed by atoms with Crippen LogP contribution >= 0.6 is 0 Å². The van der Waals surface area contributed by atoms with Gasteiger partial charge in [0.25, 0.3) is 0 Å². The number of fused-ring (bicyclic) bond motifs is 1. The molecule has 2 aliphatic rings. The van der Waals surface area contributed by atoms with Crippen LogP contribution < -0.4 is 10.1 Å². The van der Waals surface area contributed by atoms with Gasteiger partial charge >= 0.3 is 0 Å². The van der Waals surface area contributed by atoms with Crippen molar-refractivity contribution in [2.45, 2.75) is 31.3 Å². The lowest BCUT2D eigenvalue weighted by atomic mass is 9.92. The zero-order chi connectivity index (χ0) is 14.8. The molecule has 1 aromatic carbocycles. The molecule has 2 aromatic rings. The Balaban J connectivity index is 1.62. The Morgan fingerprint density at radius 2 is 2.05 bits per heavy atom. The lowest BCUT2D eigenvalue weighted by Crippen LogP contribution is -2.27. The molecule has 1 unspecified atom stereocenters. The fraction of sp³-hybridized carbons (Fsp3) is 0.529. The number of aromatic nitrogens is 2. The number of nitrogens with zero attached hydrogens (tertiary/aromatic N) is 2. The summed E-state index contributed by atoms with van der Waals surface area (Å²) in [5.41, 5.74) is 2.15. The highest BCUT2D eigenvalue weighted by Gasteiger charge is 2.20. The van der Waals surface area contributed by atoms with E-state index >= 15 is 0 Å². The van der Waals surface area contributed by atoms with Crippen molar-refractivity contribution in [1.82, 2.24) is 15.3 Å². The molecule has 2 saturated heterocycles. The van der Waals surface area contributed by atoms with Gasteiger partial charge < -0.3 is 14.8 Å². The predicted molar refractivity (Wildman–Crippen MR) is 84.2 cm³/mol. The molecule has 0 bridgehead atoms. The lowest BCUT2D eigenvalue weighted by molar-refractivity contribution is 0.141. The maximum absolute atomic E-state index is 5.97. The summed E-state index contributed by atoms with van der Waals surface area (Å²) >= 11 is 0. The van der Waals surface area contributed by atoms with Crippen molar-refractivity contribution in [1.29, 1.82) is 0 Å². The summed E-state index contributed by atoms with van der Waals surface area (Å²) in [5, 5.41) is 4.56. The topological polar surface area (TPSA) is 56.3 Å². The van der Waals surface area contributed by atoms with Gasteiger partial charge in [0.15, 0.2) is 0 Å². The van der Waals surface area contributed by atoms with Crippen LogP contribution in [0.2, 0.25) is 0 Å². The zero-order valence-electron chi connectivity index (χ0n) is 12.6. The first-order valence-corrected chi connectivity index (χ1v) is 8.10. The predicted octanol–water partition coefficient (Wildman–Crippen LogP) is 2.26. The molecule has 2 aliphatic heterocycles. The van der Waals surface area contributed by atoms with Crippen molar-refractivity contribution in [2.75, 3.05) is 26.3 Å². The lowest BCUT2D eigenvalue weighted by Gasteiger charge is -2.23. The first-order chi connectivity index (χ1) is 10.9. The average molecular weight is 299 g/mol. The van der Waals surface area contributed by atoms with Crippen LogP contribution in [0.4, 0.5) is 0 Å². The van der Waals surface area contributed by atoms with Crippen LogP contribution in [0.1, 0.15) is 30.9 Å². The van der Waals surface area contributed by atoms with E-state index in [2.05, 4.69) is 21.4 Å². The second-order valence-corrected chi connectivity index (χ2v) is 6.07. The molecule has 2 fully saturated rings. The van der Waals surface area contributed by atoms with Gasteiger partial charge in [0.05, 0.1) is 24.4 Å². The molecule has 0 spiro atoms. The highest BCUT2D eigenvalue weighted by atomic mass is 16.5. The Morgan fingerprint density at radius 1 is 1.14 bits per heavy atom. The monoisotopic (exact) mass is 299 g/mol. The number of piperidine rings is 1. The molecule has 0 amide bonds. The Morgan fingerprint density at radius 3 is 2.86 bits per heavy atom. The number of rotatable bonds is 3. The van der Waals surface area contributed by atoms with E-state index in [1.807, 2.05) is 12.1 Å². The van der Waals surface area contributed by atoms with Gasteiger partial charge in [-0.15, -0.1) is 0 Å². The molecular formula is C17H21N3O2. The summed E-state index contributed by atoms with van der Waals surface area (Å²) in [5.74, 6) is 1.40. The largest absolute Gasteiger partial charge is 0.488 e. The van der Waals surface area contributed by atoms with E-state index in [1.165, 1.54) is 5.69 Å². The van der Waals surface area contributed by atoms with Crippen molar-refractivity contribution >= 4 is 10.9 Å². The zero-order valence-corrected chi connectivity index (χ0v) is 12.6. The van der Waals surface area contributed by atoms with Gasteiger partial charge in [-0.1, -0.05) is 0 Å². The summed E-state index contributed by atoms with van der Waals surface area (Å²) in [6, 6.07) is 6.17. The van der Waals surface area contributed by atoms with Crippen LogP contribution in [-0.4, -0.2) is 42.4 Å². The Bertz CT molecular complexity index is 649. The highest BCUT2D eigenvalue weighted by molar-refractivity contribution is 5.82. The highest BCUT2D eigenvalue weighted by Crippen LogP contribution is 2.30. The van der Waals surface area contributed by atoms with Gasteiger partial charge in [0.1, 0.15) is 18.2 Å². The number of ether oxygens (including phenoxy) is 2. The summed E-state index contributed by atoms with van der Waals surface area (Å²) in [7, 11) is 0. The van der Waals surface area contributed by atoms with Crippen LogP contribution in [-0.2, 0) is 4.74 Å². The molecular weight excluding hydrogens is 278 g/mol. The van der Waals surface area contributed by atoms with E-state index < -0.39 is 0 Å². The normalized spacial score (nSPS) is 23.0. The second-order valence-electron chi connectivity index (χ2n) is 6.07. The molecule has 22 heavy (non-hydrogen) atoms. The van der Waals surface area contributed by atoms with Crippen LogP contribution in [0.15, 0.2) is 24.5 Å². The minimum atomic E-state index is 0.170. The molecule has 3 heterocycles. The van der Waals surface area contributed by atoms with E-state index in [1.54, 1.807) is 6.33 Å². The molecule has 0 radical (unpaired) electrons. The van der Waals surface area contributed by atoms with E-state index in [0.717, 1.165) is 55.6 Å². The van der Waals surface area contributed by atoms with Crippen LogP contribution in [0, 0.1) is 0 Å². The van der Waals surface area contributed by atoms with Gasteiger partial charge in [-0.25, -0.2) is 9.97 Å². The quantitative estimate of drug-likeness (QED) is 0.942. The van der Waals surface area contributed by atoms with Gasteiger partial charge in [-0.05, 0) is 38.1 Å². The molecule has 1 atom stereocenters. The van der Waals surface area contributed by atoms with Crippen molar-refractivity contribution in [3.05, 3.63) is 30.2 Å². The van der Waals surface area contributed by atoms with E-state index in [4.69, 9.17) is 9.47 Å². The van der Waals surface area contributed by atoms with Crippen LogP contribution in [0.25, 0.3) is 10.9 Å². The molecule has 1 aromatic heterocycles. The molecule has 0 saturated carbocycles. The number of nitrogens with one attached hydrogen (secondary N) is 1. The van der Waals surface area contributed by atoms with Crippen molar-refractivity contribution < 1.29 is 9.47 Å². The van der Waals surface area contributed by atoms with Gasteiger partial charge in [-0.2, -0.15) is 0 Å². The summed E-state index contributed by atoms with van der Waals surface area (Å²) in [6.45, 7) is 3.61. The van der Waals surface area contributed by atoms with Crippen LogP contribution in [0.5, 0.6) is 5.75 Å². The van der Waals surface area contributed by atoms with Gasteiger partial charge in [0, 0.05) is 23.8 Å². The maximum Gasteiger partial charge on any atom is 0.124 e. The summed E-state index contributed by atoms with van der Waals surface area (Å²) in [4.78, 5) is 9.00. The number of hydrogen-bond donors (Lipinski definition) is 1. The third-order valence-corrected chi connectivity index (χ3v) is 4.56. The second kappa shape index (κ2) is 6.18. The first kappa shape index (κ1) is 13.9. The van der Waals surface area contributed by atoms with Crippen LogP contribution in [0.3, 0.4) is 0 Å². The fourth-order valence-electron chi connectivity index (χ4n) is 3.35. The Hall–Kier alpha value is -1.72. The van der Waals surface area contributed by atoms with E-state index in [-0.39, 0.29) is 6.10 Å². The first-order valence-electron chi connectivity index (χ1n) is 8.10. The van der Waals surface area contributed by atoms with Gasteiger partial charge in [-0.3, -0.25) is 0 Å². The van der Waals surface area contributed by atoms with Crippen molar-refractivity contribution in [3.63, 3.8) is 0 Å². The van der Waals surface area contributed by atoms with E-state index in [0.29, 0.717) is 12.5 Å². The Labute approximate surface area is 130 Å². The average Bonchev–Trinajstić information content (AvgIpc) is 3.08. The summed E-state index contributed by atoms with van der Waals surface area (Å²) in [6.07, 6.45) is 5.10. The molecule has 5 nitrogen and oxygen atoms in total. The molecule has 4 rings (SSSR count). The molecule has 5 heteroatoms. The fourth-order valence-corrected chi connectivity index (χ4v) is 3.35. The third-order valence-electron chi connectivity index (χ3n) is 4.56. The Kier molecular flexibility index (Phi) is 3.91. The van der Waals surface area contributed by atoms with Crippen molar-refractivity contribution in [2.24, 2.45) is 0 Å². The molecule has 0 aliphatic carbocycles. The number of hydrogen-bond acceptors (Lipinski definition) is 5.